The summed E-state index contributed by atoms with van der Waals surface area (Å²) < 4.78 is 23.6. The van der Waals surface area contributed by atoms with Crippen LogP contribution in [0.4, 0.5) is 0 Å². The average Bonchev–Trinajstić information content (AvgIpc) is 2.72. The van der Waals surface area contributed by atoms with Crippen LogP contribution in [0.2, 0.25) is 0 Å². The van der Waals surface area contributed by atoms with E-state index in [1.54, 1.807) is 0 Å². The number of hydrogen-bond acceptors (Lipinski definition) is 6. The molecule has 3 rings (SSSR count). The van der Waals surface area contributed by atoms with Crippen molar-refractivity contribution in [3.8, 4) is 0 Å². The summed E-state index contributed by atoms with van der Waals surface area (Å²) in [6.45, 7) is 4.37. The minimum absolute atomic E-state index is 0.257. The molecule has 5 unspecified atom stereocenters. The van der Waals surface area contributed by atoms with Crippen LogP contribution in [0.3, 0.4) is 0 Å². The van der Waals surface area contributed by atoms with E-state index in [2.05, 4.69) is 0 Å². The molecule has 0 bridgehead atoms. The van der Waals surface area contributed by atoms with Gasteiger partial charge in [0, 0.05) is 6.92 Å². The molecule has 29 heavy (non-hydrogen) atoms. The lowest BCUT2D eigenvalue weighted by molar-refractivity contribution is -0.220. The molecule has 0 aliphatic carbocycles. The summed E-state index contributed by atoms with van der Waals surface area (Å²) in [5.74, 6) is -0.401. The Hall–Kier alpha value is -2.25. The van der Waals surface area contributed by atoms with Gasteiger partial charge in [-0.25, -0.2) is 0 Å². The summed E-state index contributed by atoms with van der Waals surface area (Å²) in [5, 5.41) is 0. The standard InChI is InChI=1S/C23H29NO5/c1-16-21(24)23(27-14-19-11-7-4-8-12-19)22(29-17(2)25)20(28-16)15-26-13-18-9-5-3-6-10-18/h3-12,16,20-23H,13-15,24H2,1-2H3. The van der Waals surface area contributed by atoms with E-state index in [1.807, 2.05) is 67.6 Å². The van der Waals surface area contributed by atoms with Crippen molar-refractivity contribution < 1.29 is 23.7 Å². The van der Waals surface area contributed by atoms with Crippen molar-refractivity contribution in [2.75, 3.05) is 6.61 Å². The molecule has 0 aromatic heterocycles. The summed E-state index contributed by atoms with van der Waals surface area (Å²) in [7, 11) is 0. The lowest BCUT2D eigenvalue weighted by atomic mass is 9.93. The van der Waals surface area contributed by atoms with Crippen molar-refractivity contribution in [2.45, 2.75) is 57.5 Å². The maximum Gasteiger partial charge on any atom is 0.303 e. The van der Waals surface area contributed by atoms with Crippen molar-refractivity contribution in [3.63, 3.8) is 0 Å². The summed E-state index contributed by atoms with van der Waals surface area (Å²) in [4.78, 5) is 11.7. The molecule has 5 atom stereocenters. The highest BCUT2D eigenvalue weighted by molar-refractivity contribution is 5.66. The molecule has 6 heteroatoms. The van der Waals surface area contributed by atoms with E-state index < -0.39 is 30.3 Å². The van der Waals surface area contributed by atoms with E-state index in [0.717, 1.165) is 11.1 Å². The van der Waals surface area contributed by atoms with E-state index in [0.29, 0.717) is 13.2 Å². The molecule has 0 radical (unpaired) electrons. The highest BCUT2D eigenvalue weighted by atomic mass is 16.6. The Balaban J connectivity index is 1.67. The Bertz CT molecular complexity index is 754. The van der Waals surface area contributed by atoms with Crippen molar-refractivity contribution >= 4 is 5.97 Å². The van der Waals surface area contributed by atoms with Crippen LogP contribution in [0.15, 0.2) is 60.7 Å². The number of carbonyl (C=O) groups excluding carboxylic acids is 1. The fourth-order valence-corrected chi connectivity index (χ4v) is 3.45. The van der Waals surface area contributed by atoms with Gasteiger partial charge < -0.3 is 24.7 Å². The lowest BCUT2D eigenvalue weighted by Gasteiger charge is -2.43. The molecule has 1 aliphatic heterocycles. The first-order valence-electron chi connectivity index (χ1n) is 9.90. The highest BCUT2D eigenvalue weighted by Crippen LogP contribution is 2.26. The van der Waals surface area contributed by atoms with Crippen molar-refractivity contribution in [2.24, 2.45) is 5.73 Å². The van der Waals surface area contributed by atoms with E-state index in [1.165, 1.54) is 6.92 Å². The molecule has 1 aliphatic rings. The Morgan fingerprint density at radius 1 is 0.966 bits per heavy atom. The summed E-state index contributed by atoms with van der Waals surface area (Å²) >= 11 is 0. The number of rotatable bonds is 8. The lowest BCUT2D eigenvalue weighted by Crippen LogP contribution is -2.63. The zero-order chi connectivity index (χ0) is 20.6. The Morgan fingerprint density at radius 3 is 2.14 bits per heavy atom. The predicted octanol–water partition coefficient (Wildman–Crippen LogP) is 2.83. The predicted molar refractivity (Wildman–Crippen MR) is 109 cm³/mol. The molecule has 156 valence electrons. The molecule has 2 aromatic rings. The van der Waals surface area contributed by atoms with Crippen LogP contribution in [0.1, 0.15) is 25.0 Å². The van der Waals surface area contributed by atoms with Gasteiger partial charge in [-0.15, -0.1) is 0 Å². The summed E-state index contributed by atoms with van der Waals surface area (Å²) in [6, 6.07) is 19.3. The largest absolute Gasteiger partial charge is 0.457 e. The first-order valence-corrected chi connectivity index (χ1v) is 9.90. The molecule has 0 spiro atoms. The smallest absolute Gasteiger partial charge is 0.303 e. The van der Waals surface area contributed by atoms with E-state index in [4.69, 9.17) is 24.7 Å². The van der Waals surface area contributed by atoms with Gasteiger partial charge in [0.05, 0.1) is 32.0 Å². The van der Waals surface area contributed by atoms with Crippen molar-refractivity contribution in [1.82, 2.24) is 0 Å². The molecule has 0 saturated carbocycles. The molecular formula is C23H29NO5. The van der Waals surface area contributed by atoms with Crippen molar-refractivity contribution in [3.05, 3.63) is 71.8 Å². The van der Waals surface area contributed by atoms with Gasteiger partial charge in [-0.3, -0.25) is 4.79 Å². The normalized spacial score (nSPS) is 26.8. The summed E-state index contributed by atoms with van der Waals surface area (Å²) in [6.07, 6.45) is -1.85. The topological polar surface area (TPSA) is 80.0 Å². The zero-order valence-electron chi connectivity index (χ0n) is 16.9. The van der Waals surface area contributed by atoms with Crippen LogP contribution in [-0.4, -0.2) is 43.0 Å². The van der Waals surface area contributed by atoms with Gasteiger partial charge in [0.25, 0.3) is 0 Å². The molecule has 0 amide bonds. The van der Waals surface area contributed by atoms with E-state index in [-0.39, 0.29) is 12.7 Å². The van der Waals surface area contributed by atoms with Crippen molar-refractivity contribution in [1.29, 1.82) is 0 Å². The number of esters is 1. The third kappa shape index (κ3) is 6.11. The SMILES string of the molecule is CC(=O)OC1C(COCc2ccccc2)OC(C)C(N)C1OCc1ccccc1. The molecule has 2 aromatic carbocycles. The number of carbonyl (C=O) groups is 1. The first-order chi connectivity index (χ1) is 14.0. The minimum atomic E-state index is -0.641. The maximum absolute atomic E-state index is 11.7. The minimum Gasteiger partial charge on any atom is -0.457 e. The second-order valence-electron chi connectivity index (χ2n) is 7.29. The van der Waals surface area contributed by atoms with Gasteiger partial charge in [0.15, 0.2) is 6.10 Å². The van der Waals surface area contributed by atoms with Gasteiger partial charge in [0.1, 0.15) is 12.2 Å². The van der Waals surface area contributed by atoms with Gasteiger partial charge in [-0.2, -0.15) is 0 Å². The number of ether oxygens (including phenoxy) is 4. The van der Waals surface area contributed by atoms with Gasteiger partial charge in [-0.1, -0.05) is 60.7 Å². The van der Waals surface area contributed by atoms with Crippen LogP contribution >= 0.6 is 0 Å². The fourth-order valence-electron chi connectivity index (χ4n) is 3.45. The quantitative estimate of drug-likeness (QED) is 0.688. The maximum atomic E-state index is 11.7. The second-order valence-corrected chi connectivity index (χ2v) is 7.29. The Morgan fingerprint density at radius 2 is 1.55 bits per heavy atom. The molecular weight excluding hydrogens is 370 g/mol. The average molecular weight is 399 g/mol. The van der Waals surface area contributed by atoms with E-state index >= 15 is 0 Å². The number of benzene rings is 2. The van der Waals surface area contributed by atoms with Crippen LogP contribution in [-0.2, 0) is 37.0 Å². The third-order valence-corrected chi connectivity index (χ3v) is 4.98. The monoisotopic (exact) mass is 399 g/mol. The van der Waals surface area contributed by atoms with Crippen LogP contribution in [0, 0.1) is 0 Å². The Labute approximate surface area is 171 Å². The van der Waals surface area contributed by atoms with Gasteiger partial charge in [0.2, 0.25) is 0 Å². The van der Waals surface area contributed by atoms with Gasteiger partial charge in [-0.05, 0) is 18.1 Å². The molecule has 1 heterocycles. The number of hydrogen-bond donors (Lipinski definition) is 1. The van der Waals surface area contributed by atoms with Gasteiger partial charge >= 0.3 is 5.97 Å². The number of nitrogens with two attached hydrogens (primary N) is 1. The third-order valence-electron chi connectivity index (χ3n) is 4.98. The van der Waals surface area contributed by atoms with Crippen LogP contribution in [0.5, 0.6) is 0 Å². The highest BCUT2D eigenvalue weighted by Gasteiger charge is 2.45. The first kappa shape index (κ1) is 21.5. The van der Waals surface area contributed by atoms with E-state index in [9.17, 15) is 4.79 Å². The van der Waals surface area contributed by atoms with Crippen LogP contribution < -0.4 is 5.73 Å². The molecule has 2 N–H and O–H groups in total. The zero-order valence-corrected chi connectivity index (χ0v) is 16.9. The Kier molecular flexibility index (Phi) is 7.77. The molecule has 1 saturated heterocycles. The van der Waals surface area contributed by atoms with Crippen LogP contribution in [0.25, 0.3) is 0 Å². The molecule has 1 fully saturated rings. The molecule has 6 nitrogen and oxygen atoms in total. The summed E-state index contributed by atoms with van der Waals surface area (Å²) in [5.41, 5.74) is 8.44. The fraction of sp³-hybridized carbons (Fsp3) is 0.435. The second kappa shape index (κ2) is 10.5.